The summed E-state index contributed by atoms with van der Waals surface area (Å²) < 4.78 is 57.1. The second kappa shape index (κ2) is 23.5. The number of esters is 3. The Morgan fingerprint density at radius 1 is 0.518 bits per heavy atom. The lowest BCUT2D eigenvalue weighted by molar-refractivity contribution is -0.137. The number of benzene rings is 4. The van der Waals surface area contributed by atoms with Crippen LogP contribution in [0.5, 0.6) is 23.0 Å². The van der Waals surface area contributed by atoms with Crippen molar-refractivity contribution < 1.29 is 50.7 Å². The fraction of sp³-hybridized carbons (Fsp3) is 0.341. The first-order valence-corrected chi connectivity index (χ1v) is 20.3. The maximum atomic E-state index is 12.7. The zero-order valence-electron chi connectivity index (χ0n) is 31.8. The van der Waals surface area contributed by atoms with E-state index in [1.807, 2.05) is 6.92 Å². The monoisotopic (exact) mass is 786 g/mol. The standard InChI is InChI=1S/C44H50O11S/c1-3-42(45)52-32-12-9-8-11-31-51-38-22-18-36(19-23-38)44(47)55-40-26-24-39(25-27-40)54-43(46)35-16-20-37(21-17-35)50-30-10-6-4-5-7-13-33-53-56(48,49)41-28-14-34(2)15-29-41/h3,14-29H,1,4-13,30-33H2,2H3. The van der Waals surface area contributed by atoms with Gasteiger partial charge in [0, 0.05) is 6.08 Å². The fourth-order valence-corrected chi connectivity index (χ4v) is 6.25. The van der Waals surface area contributed by atoms with Crippen molar-refractivity contribution in [1.82, 2.24) is 0 Å². The van der Waals surface area contributed by atoms with Crippen LogP contribution in [-0.4, -0.2) is 52.8 Å². The first kappa shape index (κ1) is 43.3. The topological polar surface area (TPSA) is 141 Å². The van der Waals surface area contributed by atoms with Crippen molar-refractivity contribution in [2.24, 2.45) is 0 Å². The highest BCUT2D eigenvalue weighted by Gasteiger charge is 2.15. The van der Waals surface area contributed by atoms with Gasteiger partial charge in [-0.15, -0.1) is 0 Å². The molecule has 0 saturated heterocycles. The van der Waals surface area contributed by atoms with Gasteiger partial charge in [-0.05, 0) is 130 Å². The summed E-state index contributed by atoms with van der Waals surface area (Å²) in [6, 6.07) is 26.2. The second-order valence-corrected chi connectivity index (χ2v) is 14.6. The van der Waals surface area contributed by atoms with Gasteiger partial charge in [0.2, 0.25) is 0 Å². The van der Waals surface area contributed by atoms with E-state index >= 15 is 0 Å². The Hall–Kier alpha value is -5.46. The van der Waals surface area contributed by atoms with Gasteiger partial charge in [-0.3, -0.25) is 4.18 Å². The number of carbonyl (C=O) groups is 3. The zero-order chi connectivity index (χ0) is 40.0. The summed E-state index contributed by atoms with van der Waals surface area (Å²) in [6.45, 7) is 6.89. The average molecular weight is 787 g/mol. The Bertz CT molecular complexity index is 1920. The van der Waals surface area contributed by atoms with Gasteiger partial charge >= 0.3 is 17.9 Å². The molecule has 0 N–H and O–H groups in total. The molecule has 4 rings (SSSR count). The molecular formula is C44H50O11S. The molecule has 0 aromatic heterocycles. The molecule has 4 aromatic carbocycles. The van der Waals surface area contributed by atoms with Gasteiger partial charge < -0.3 is 23.7 Å². The van der Waals surface area contributed by atoms with E-state index in [1.165, 1.54) is 0 Å². The first-order valence-electron chi connectivity index (χ1n) is 18.9. The van der Waals surface area contributed by atoms with Crippen molar-refractivity contribution in [3.8, 4) is 23.0 Å². The number of hydrogen-bond donors (Lipinski definition) is 0. The smallest absolute Gasteiger partial charge is 0.343 e. The maximum absolute atomic E-state index is 12.7. The Labute approximate surface area is 329 Å². The molecule has 56 heavy (non-hydrogen) atoms. The van der Waals surface area contributed by atoms with Crippen LogP contribution in [0.3, 0.4) is 0 Å². The minimum Gasteiger partial charge on any atom is -0.494 e. The van der Waals surface area contributed by atoms with E-state index in [-0.39, 0.29) is 11.5 Å². The van der Waals surface area contributed by atoms with Gasteiger partial charge in [-0.25, -0.2) is 14.4 Å². The van der Waals surface area contributed by atoms with Crippen LogP contribution in [0.4, 0.5) is 0 Å². The molecular weight excluding hydrogens is 737 g/mol. The summed E-state index contributed by atoms with van der Waals surface area (Å²) in [5, 5.41) is 0. The van der Waals surface area contributed by atoms with Crippen molar-refractivity contribution in [3.63, 3.8) is 0 Å². The number of ether oxygens (including phenoxy) is 5. The third-order valence-corrected chi connectivity index (χ3v) is 9.83. The molecule has 0 saturated carbocycles. The van der Waals surface area contributed by atoms with E-state index in [2.05, 4.69) is 6.58 Å². The molecule has 0 amide bonds. The Morgan fingerprint density at radius 3 is 1.36 bits per heavy atom. The lowest BCUT2D eigenvalue weighted by Crippen LogP contribution is -2.10. The molecule has 0 fully saturated rings. The van der Waals surface area contributed by atoms with Crippen LogP contribution in [-0.2, 0) is 23.8 Å². The first-order chi connectivity index (χ1) is 27.1. The Morgan fingerprint density at radius 2 is 0.911 bits per heavy atom. The molecule has 0 unspecified atom stereocenters. The van der Waals surface area contributed by atoms with E-state index in [9.17, 15) is 22.8 Å². The molecule has 11 nitrogen and oxygen atoms in total. The van der Waals surface area contributed by atoms with E-state index < -0.39 is 28.0 Å². The van der Waals surface area contributed by atoms with Crippen molar-refractivity contribution >= 4 is 28.0 Å². The third-order valence-electron chi connectivity index (χ3n) is 8.50. The Kier molecular flexibility index (Phi) is 18.1. The van der Waals surface area contributed by atoms with Crippen molar-refractivity contribution in [3.05, 3.63) is 126 Å². The molecule has 298 valence electrons. The number of rotatable bonds is 25. The average Bonchev–Trinajstić information content (AvgIpc) is 3.20. The molecule has 0 radical (unpaired) electrons. The molecule has 0 aliphatic carbocycles. The molecule has 0 atom stereocenters. The summed E-state index contributed by atoms with van der Waals surface area (Å²) in [5.41, 5.74) is 1.71. The van der Waals surface area contributed by atoms with Gasteiger partial charge in [0.05, 0.1) is 42.4 Å². The molecule has 0 heterocycles. The van der Waals surface area contributed by atoms with E-state index in [1.54, 1.807) is 97.1 Å². The highest BCUT2D eigenvalue weighted by Crippen LogP contribution is 2.22. The minimum absolute atomic E-state index is 0.172. The number of hydrogen-bond acceptors (Lipinski definition) is 11. The predicted molar refractivity (Wildman–Crippen MR) is 212 cm³/mol. The van der Waals surface area contributed by atoms with Crippen LogP contribution >= 0.6 is 0 Å². The fourth-order valence-electron chi connectivity index (χ4n) is 5.30. The van der Waals surface area contributed by atoms with Crippen molar-refractivity contribution in [2.45, 2.75) is 76.0 Å². The zero-order valence-corrected chi connectivity index (χ0v) is 32.6. The van der Waals surface area contributed by atoms with E-state index in [4.69, 9.17) is 27.9 Å². The van der Waals surface area contributed by atoms with Crippen LogP contribution in [0, 0.1) is 6.92 Å². The normalized spacial score (nSPS) is 11.0. The highest BCUT2D eigenvalue weighted by atomic mass is 32.2. The number of unbranched alkanes of at least 4 members (excludes halogenated alkanes) is 8. The number of carbonyl (C=O) groups excluding carboxylic acids is 3. The second-order valence-electron chi connectivity index (χ2n) is 13.0. The van der Waals surface area contributed by atoms with Gasteiger partial charge in [-0.2, -0.15) is 8.42 Å². The molecule has 0 spiro atoms. The minimum atomic E-state index is -3.71. The van der Waals surface area contributed by atoms with Gasteiger partial charge in [-0.1, -0.05) is 50.0 Å². The molecule has 0 bridgehead atoms. The maximum Gasteiger partial charge on any atom is 0.343 e. The van der Waals surface area contributed by atoms with Crippen LogP contribution in [0.15, 0.2) is 115 Å². The summed E-state index contributed by atoms with van der Waals surface area (Å²) in [4.78, 5) is 36.6. The molecule has 0 aliphatic heterocycles. The lowest BCUT2D eigenvalue weighted by Gasteiger charge is -2.09. The molecule has 0 aliphatic rings. The van der Waals surface area contributed by atoms with Crippen LogP contribution in [0.2, 0.25) is 0 Å². The summed E-state index contributed by atoms with van der Waals surface area (Å²) in [5.74, 6) is 0.414. The number of aryl methyl sites for hydroxylation is 1. The van der Waals surface area contributed by atoms with Gasteiger partial charge in [0.15, 0.2) is 0 Å². The van der Waals surface area contributed by atoms with Crippen molar-refractivity contribution in [1.29, 1.82) is 0 Å². The Balaban J connectivity index is 1.05. The van der Waals surface area contributed by atoms with Gasteiger partial charge in [0.1, 0.15) is 23.0 Å². The third kappa shape index (κ3) is 15.7. The largest absolute Gasteiger partial charge is 0.494 e. The highest BCUT2D eigenvalue weighted by molar-refractivity contribution is 7.86. The quantitative estimate of drug-likeness (QED) is 0.0209. The molecule has 12 heteroatoms. The van der Waals surface area contributed by atoms with Crippen LogP contribution in [0.25, 0.3) is 0 Å². The van der Waals surface area contributed by atoms with Crippen LogP contribution < -0.4 is 18.9 Å². The lowest BCUT2D eigenvalue weighted by atomic mass is 10.1. The van der Waals surface area contributed by atoms with Crippen molar-refractivity contribution in [2.75, 3.05) is 26.4 Å². The van der Waals surface area contributed by atoms with E-state index in [0.717, 1.165) is 69.4 Å². The summed E-state index contributed by atoms with van der Waals surface area (Å²) in [6.07, 6.45) is 10.1. The van der Waals surface area contributed by atoms with E-state index in [0.29, 0.717) is 60.4 Å². The van der Waals surface area contributed by atoms with Gasteiger partial charge in [0.25, 0.3) is 10.1 Å². The molecule has 4 aromatic rings. The summed E-state index contributed by atoms with van der Waals surface area (Å²) >= 11 is 0. The predicted octanol–water partition coefficient (Wildman–Crippen LogP) is 9.23. The summed E-state index contributed by atoms with van der Waals surface area (Å²) in [7, 11) is -3.71. The van der Waals surface area contributed by atoms with Crippen LogP contribution in [0.1, 0.15) is 90.5 Å². The SMILES string of the molecule is C=CC(=O)OCCCCCCOc1ccc(C(=O)Oc2ccc(OC(=O)c3ccc(OCCCCCCCCOS(=O)(=O)c4ccc(C)cc4)cc3)cc2)cc1.